The molecule has 4 nitrogen and oxygen atoms in total. The third-order valence-electron chi connectivity index (χ3n) is 3.12. The van der Waals surface area contributed by atoms with Gasteiger partial charge in [0.25, 0.3) is 0 Å². The predicted octanol–water partition coefficient (Wildman–Crippen LogP) is 3.30. The maximum Gasteiger partial charge on any atom is 0.137 e. The molecule has 0 aliphatic rings. The van der Waals surface area contributed by atoms with E-state index in [9.17, 15) is 0 Å². The largest absolute Gasteiger partial charge is 0.468 e. The molecular formula is C16H17N3O. The van der Waals surface area contributed by atoms with E-state index >= 15 is 0 Å². The molecule has 0 unspecified atom stereocenters. The molecule has 20 heavy (non-hydrogen) atoms. The lowest BCUT2D eigenvalue weighted by Gasteiger charge is -2.13. The number of benzene rings is 1. The van der Waals surface area contributed by atoms with Gasteiger partial charge in [0.1, 0.15) is 11.6 Å². The number of aromatic amines is 1. The molecule has 0 bridgehead atoms. The number of nitrogens with one attached hydrogen (secondary N) is 1. The number of rotatable bonds is 5. The van der Waals surface area contributed by atoms with Crippen LogP contribution in [0.1, 0.15) is 11.5 Å². The van der Waals surface area contributed by atoms with Gasteiger partial charge in [-0.2, -0.15) is 0 Å². The van der Waals surface area contributed by atoms with E-state index in [4.69, 9.17) is 4.42 Å². The standard InChI is InChI=1S/C16H17N3O/c1-19(12-15-8-5-9-20-15)11-14-10-17-16(18-14)13-6-3-2-4-7-13/h2-10H,11-12H2,1H3,(H,17,18). The Hall–Kier alpha value is -2.33. The number of imidazole rings is 1. The molecule has 4 heteroatoms. The second-order valence-electron chi connectivity index (χ2n) is 4.87. The van der Waals surface area contributed by atoms with Crippen molar-refractivity contribution in [1.82, 2.24) is 14.9 Å². The molecule has 1 aromatic carbocycles. The molecule has 102 valence electrons. The average Bonchev–Trinajstić information content (AvgIpc) is 3.11. The molecule has 2 heterocycles. The van der Waals surface area contributed by atoms with Gasteiger partial charge in [-0.15, -0.1) is 0 Å². The zero-order chi connectivity index (χ0) is 13.8. The van der Waals surface area contributed by atoms with Crippen molar-refractivity contribution in [3.63, 3.8) is 0 Å². The smallest absolute Gasteiger partial charge is 0.137 e. The Bertz CT molecular complexity index is 643. The third-order valence-corrected chi connectivity index (χ3v) is 3.12. The number of hydrogen-bond acceptors (Lipinski definition) is 3. The first-order chi connectivity index (χ1) is 9.81. The normalized spacial score (nSPS) is 11.1. The number of hydrogen-bond donors (Lipinski definition) is 1. The van der Waals surface area contributed by atoms with Gasteiger partial charge in [-0.25, -0.2) is 4.98 Å². The summed E-state index contributed by atoms with van der Waals surface area (Å²) in [6.07, 6.45) is 3.59. The maximum atomic E-state index is 5.35. The summed E-state index contributed by atoms with van der Waals surface area (Å²) in [7, 11) is 2.06. The van der Waals surface area contributed by atoms with Crippen LogP contribution in [0.2, 0.25) is 0 Å². The average molecular weight is 267 g/mol. The van der Waals surface area contributed by atoms with Crippen molar-refractivity contribution in [3.05, 3.63) is 66.4 Å². The van der Waals surface area contributed by atoms with E-state index in [0.717, 1.165) is 35.9 Å². The Morgan fingerprint density at radius 3 is 2.70 bits per heavy atom. The van der Waals surface area contributed by atoms with Crippen molar-refractivity contribution >= 4 is 0 Å². The Balaban J connectivity index is 1.65. The first-order valence-corrected chi connectivity index (χ1v) is 6.61. The van der Waals surface area contributed by atoms with E-state index in [1.54, 1.807) is 6.26 Å². The molecule has 0 atom stereocenters. The maximum absolute atomic E-state index is 5.35. The van der Waals surface area contributed by atoms with E-state index in [2.05, 4.69) is 34.0 Å². The molecule has 0 saturated heterocycles. The number of aromatic nitrogens is 2. The van der Waals surface area contributed by atoms with Gasteiger partial charge in [-0.3, -0.25) is 4.90 Å². The van der Waals surface area contributed by atoms with Gasteiger partial charge in [-0.05, 0) is 19.2 Å². The zero-order valence-corrected chi connectivity index (χ0v) is 11.4. The molecule has 1 N–H and O–H groups in total. The summed E-state index contributed by atoms with van der Waals surface area (Å²) >= 11 is 0. The second-order valence-corrected chi connectivity index (χ2v) is 4.87. The van der Waals surface area contributed by atoms with E-state index in [-0.39, 0.29) is 0 Å². The number of furan rings is 1. The first kappa shape index (κ1) is 12.7. The molecule has 3 rings (SSSR count). The van der Waals surface area contributed by atoms with E-state index in [1.165, 1.54) is 0 Å². The lowest BCUT2D eigenvalue weighted by atomic mass is 10.2. The highest BCUT2D eigenvalue weighted by atomic mass is 16.3. The highest BCUT2D eigenvalue weighted by molar-refractivity contribution is 5.54. The van der Waals surface area contributed by atoms with Gasteiger partial charge in [0.05, 0.1) is 12.8 Å². The Morgan fingerprint density at radius 1 is 1.10 bits per heavy atom. The number of nitrogens with zero attached hydrogens (tertiary/aromatic N) is 2. The third kappa shape index (κ3) is 2.97. The van der Waals surface area contributed by atoms with Crippen molar-refractivity contribution in [2.24, 2.45) is 0 Å². The monoisotopic (exact) mass is 267 g/mol. The fraction of sp³-hybridized carbons (Fsp3) is 0.188. The summed E-state index contributed by atoms with van der Waals surface area (Å²) in [6.45, 7) is 1.59. The Labute approximate surface area is 118 Å². The molecule has 0 aliphatic carbocycles. The summed E-state index contributed by atoms with van der Waals surface area (Å²) in [6, 6.07) is 14.0. The van der Waals surface area contributed by atoms with Crippen LogP contribution in [0.4, 0.5) is 0 Å². The van der Waals surface area contributed by atoms with E-state index < -0.39 is 0 Å². The van der Waals surface area contributed by atoms with Crippen LogP contribution >= 0.6 is 0 Å². The van der Waals surface area contributed by atoms with Crippen LogP contribution < -0.4 is 0 Å². The molecule has 0 aliphatic heterocycles. The van der Waals surface area contributed by atoms with Crippen LogP contribution in [0, 0.1) is 0 Å². The van der Waals surface area contributed by atoms with Gasteiger partial charge in [0, 0.05) is 24.0 Å². The van der Waals surface area contributed by atoms with Gasteiger partial charge >= 0.3 is 0 Å². The number of H-pyrrole nitrogens is 1. The lowest BCUT2D eigenvalue weighted by molar-refractivity contribution is 0.285. The summed E-state index contributed by atoms with van der Waals surface area (Å²) in [5.41, 5.74) is 2.20. The topological polar surface area (TPSA) is 45.1 Å². The molecular weight excluding hydrogens is 250 g/mol. The minimum atomic E-state index is 0.784. The van der Waals surface area contributed by atoms with Crippen molar-refractivity contribution in [2.75, 3.05) is 7.05 Å². The van der Waals surface area contributed by atoms with Crippen LogP contribution in [0.25, 0.3) is 11.4 Å². The minimum Gasteiger partial charge on any atom is -0.468 e. The molecule has 0 saturated carbocycles. The van der Waals surface area contributed by atoms with Crippen molar-refractivity contribution in [3.8, 4) is 11.4 Å². The fourth-order valence-electron chi connectivity index (χ4n) is 2.20. The van der Waals surface area contributed by atoms with Gasteiger partial charge in [-0.1, -0.05) is 30.3 Å². The molecule has 0 spiro atoms. The molecule has 0 amide bonds. The zero-order valence-electron chi connectivity index (χ0n) is 11.4. The minimum absolute atomic E-state index is 0.784. The quantitative estimate of drug-likeness (QED) is 0.771. The van der Waals surface area contributed by atoms with Crippen LogP contribution in [0.5, 0.6) is 0 Å². The highest BCUT2D eigenvalue weighted by Crippen LogP contribution is 2.15. The first-order valence-electron chi connectivity index (χ1n) is 6.61. The Kier molecular flexibility index (Phi) is 3.65. The lowest BCUT2D eigenvalue weighted by Crippen LogP contribution is -2.17. The predicted molar refractivity (Wildman–Crippen MR) is 77.9 cm³/mol. The van der Waals surface area contributed by atoms with Crippen molar-refractivity contribution in [1.29, 1.82) is 0 Å². The highest BCUT2D eigenvalue weighted by Gasteiger charge is 2.07. The van der Waals surface area contributed by atoms with Crippen molar-refractivity contribution in [2.45, 2.75) is 13.1 Å². The molecule has 0 fully saturated rings. The van der Waals surface area contributed by atoms with Gasteiger partial charge in [0.15, 0.2) is 0 Å². The van der Waals surface area contributed by atoms with Gasteiger partial charge < -0.3 is 9.40 Å². The summed E-state index contributed by atoms with van der Waals surface area (Å²) in [4.78, 5) is 9.97. The van der Waals surface area contributed by atoms with Crippen LogP contribution in [0.15, 0.2) is 59.3 Å². The summed E-state index contributed by atoms with van der Waals surface area (Å²) < 4.78 is 5.35. The second kappa shape index (κ2) is 5.75. The molecule has 0 radical (unpaired) electrons. The van der Waals surface area contributed by atoms with Crippen LogP contribution in [0.3, 0.4) is 0 Å². The van der Waals surface area contributed by atoms with Crippen LogP contribution in [-0.4, -0.2) is 21.9 Å². The SMILES string of the molecule is CN(Cc1cnc(-c2ccccc2)[nH]1)Cc1ccco1. The summed E-state index contributed by atoms with van der Waals surface area (Å²) in [5, 5.41) is 0. The van der Waals surface area contributed by atoms with Crippen LogP contribution in [-0.2, 0) is 13.1 Å². The molecule has 3 aromatic rings. The fourth-order valence-corrected chi connectivity index (χ4v) is 2.20. The van der Waals surface area contributed by atoms with E-state index in [1.807, 2.05) is 36.5 Å². The van der Waals surface area contributed by atoms with Gasteiger partial charge in [0.2, 0.25) is 0 Å². The van der Waals surface area contributed by atoms with Crippen molar-refractivity contribution < 1.29 is 4.42 Å². The Morgan fingerprint density at radius 2 is 1.95 bits per heavy atom. The van der Waals surface area contributed by atoms with E-state index in [0.29, 0.717) is 0 Å². The molecule has 2 aromatic heterocycles. The summed E-state index contributed by atoms with van der Waals surface area (Å²) in [5.74, 6) is 1.88.